The molecule has 0 aromatic heterocycles. The summed E-state index contributed by atoms with van der Waals surface area (Å²) >= 11 is 0. The van der Waals surface area contributed by atoms with E-state index in [0.717, 1.165) is 19.3 Å². The van der Waals surface area contributed by atoms with Crippen LogP contribution in [0.3, 0.4) is 0 Å². The number of nitrogens with zero attached hydrogens (tertiary/aromatic N) is 3. The normalized spacial score (nSPS) is 17.2. The van der Waals surface area contributed by atoms with Gasteiger partial charge in [-0.15, -0.1) is 0 Å². The summed E-state index contributed by atoms with van der Waals surface area (Å²) in [6.07, 6.45) is 3.08. The summed E-state index contributed by atoms with van der Waals surface area (Å²) < 4.78 is 0. The molecule has 3 nitrogen and oxygen atoms in total. The average Bonchev–Trinajstić information content (AvgIpc) is 2.28. The largest absolute Gasteiger partial charge is 0.198 e. The highest BCUT2D eigenvalue weighted by molar-refractivity contribution is 4.99. The van der Waals surface area contributed by atoms with Gasteiger partial charge >= 0.3 is 0 Å². The molecule has 0 saturated heterocycles. The second kappa shape index (κ2) is 6.86. The van der Waals surface area contributed by atoms with Crippen molar-refractivity contribution in [3.05, 3.63) is 0 Å². The highest BCUT2D eigenvalue weighted by Crippen LogP contribution is 2.31. The van der Waals surface area contributed by atoms with Gasteiger partial charge < -0.3 is 0 Å². The average molecular weight is 217 g/mol. The second-order valence-electron chi connectivity index (χ2n) is 4.83. The maximum absolute atomic E-state index is 9.13. The molecule has 0 rings (SSSR count). The van der Waals surface area contributed by atoms with Crippen molar-refractivity contribution in [2.24, 2.45) is 17.3 Å². The topological polar surface area (TPSA) is 71.4 Å². The lowest BCUT2D eigenvalue weighted by Crippen LogP contribution is -2.17. The van der Waals surface area contributed by atoms with Crippen molar-refractivity contribution in [1.82, 2.24) is 0 Å². The molecule has 16 heavy (non-hydrogen) atoms. The van der Waals surface area contributed by atoms with Crippen LogP contribution in [0.5, 0.6) is 0 Å². The van der Waals surface area contributed by atoms with Crippen molar-refractivity contribution in [2.45, 2.75) is 46.5 Å². The summed E-state index contributed by atoms with van der Waals surface area (Å²) in [5.41, 5.74) is -0.426. The Morgan fingerprint density at radius 3 is 2.06 bits per heavy atom. The van der Waals surface area contributed by atoms with Gasteiger partial charge in [-0.05, 0) is 40.0 Å². The minimum Gasteiger partial charge on any atom is -0.198 e. The monoisotopic (exact) mass is 217 g/mol. The molecule has 3 heteroatoms. The molecule has 0 heterocycles. The molecule has 0 aromatic carbocycles. The van der Waals surface area contributed by atoms with Crippen molar-refractivity contribution in [2.75, 3.05) is 0 Å². The van der Waals surface area contributed by atoms with Gasteiger partial charge in [0.15, 0.2) is 0 Å². The van der Waals surface area contributed by atoms with Gasteiger partial charge in [-0.3, -0.25) is 0 Å². The summed E-state index contributed by atoms with van der Waals surface area (Å²) in [7, 11) is 0. The van der Waals surface area contributed by atoms with Crippen LogP contribution in [0, 0.1) is 51.2 Å². The zero-order chi connectivity index (χ0) is 12.6. The predicted octanol–water partition coefficient (Wildman–Crippen LogP) is 3.40. The van der Waals surface area contributed by atoms with Gasteiger partial charge in [-0.1, -0.05) is 6.42 Å². The van der Waals surface area contributed by atoms with Crippen LogP contribution in [-0.4, -0.2) is 0 Å². The van der Waals surface area contributed by atoms with Crippen LogP contribution < -0.4 is 0 Å². The molecule has 0 fully saturated rings. The molecule has 0 spiro atoms. The molecular formula is C13H19N3. The molecule has 0 aliphatic rings. The van der Waals surface area contributed by atoms with E-state index in [4.69, 9.17) is 15.8 Å². The lowest BCUT2D eigenvalue weighted by atomic mass is 9.78. The highest BCUT2D eigenvalue weighted by Gasteiger charge is 2.26. The molecule has 0 aromatic rings. The Hall–Kier alpha value is -1.53. The standard InChI is InChI=1S/C13H19N3/c1-11(8-14)5-4-6-13(3,10-16)7-12(2)9-15/h11-12H,4-7H2,1-3H3. The van der Waals surface area contributed by atoms with Gasteiger partial charge in [-0.25, -0.2) is 0 Å². The molecule has 0 saturated carbocycles. The lowest BCUT2D eigenvalue weighted by Gasteiger charge is -2.22. The van der Waals surface area contributed by atoms with Crippen molar-refractivity contribution in [3.8, 4) is 18.2 Å². The van der Waals surface area contributed by atoms with Crippen molar-refractivity contribution in [3.63, 3.8) is 0 Å². The Labute approximate surface area is 98.3 Å². The van der Waals surface area contributed by atoms with E-state index in [9.17, 15) is 0 Å². The van der Waals surface area contributed by atoms with Crippen LogP contribution in [0.25, 0.3) is 0 Å². The summed E-state index contributed by atoms with van der Waals surface area (Å²) in [4.78, 5) is 0. The van der Waals surface area contributed by atoms with E-state index in [1.807, 2.05) is 20.8 Å². The van der Waals surface area contributed by atoms with Gasteiger partial charge in [0.2, 0.25) is 0 Å². The predicted molar refractivity (Wildman–Crippen MR) is 61.7 cm³/mol. The number of rotatable bonds is 6. The summed E-state index contributed by atoms with van der Waals surface area (Å²) in [5, 5.41) is 26.5. The Balaban J connectivity index is 4.15. The van der Waals surface area contributed by atoms with E-state index in [1.165, 1.54) is 0 Å². The number of hydrogen-bond donors (Lipinski definition) is 0. The first-order valence-electron chi connectivity index (χ1n) is 5.68. The van der Waals surface area contributed by atoms with Crippen molar-refractivity contribution >= 4 is 0 Å². The van der Waals surface area contributed by atoms with E-state index >= 15 is 0 Å². The zero-order valence-corrected chi connectivity index (χ0v) is 10.3. The molecule has 3 unspecified atom stereocenters. The number of nitriles is 3. The quantitative estimate of drug-likeness (QED) is 0.684. The lowest BCUT2D eigenvalue weighted by molar-refractivity contribution is 0.322. The van der Waals surface area contributed by atoms with Crippen LogP contribution in [0.1, 0.15) is 46.5 Å². The van der Waals surface area contributed by atoms with E-state index in [0.29, 0.717) is 6.42 Å². The Bertz CT molecular complexity index is 329. The summed E-state index contributed by atoms with van der Waals surface area (Å²) in [6.45, 7) is 5.63. The third-order valence-electron chi connectivity index (χ3n) is 2.83. The first-order chi connectivity index (χ1) is 7.47. The summed E-state index contributed by atoms with van der Waals surface area (Å²) in [6, 6.07) is 6.65. The molecule has 0 N–H and O–H groups in total. The summed E-state index contributed by atoms with van der Waals surface area (Å²) in [5.74, 6) is -0.0330. The third kappa shape index (κ3) is 5.38. The molecule has 3 atom stereocenters. The minimum atomic E-state index is -0.426. The maximum atomic E-state index is 9.13. The first-order valence-corrected chi connectivity index (χ1v) is 5.68. The van der Waals surface area contributed by atoms with E-state index in [1.54, 1.807) is 0 Å². The zero-order valence-electron chi connectivity index (χ0n) is 10.3. The van der Waals surface area contributed by atoms with E-state index < -0.39 is 5.41 Å². The first kappa shape index (κ1) is 14.5. The highest BCUT2D eigenvalue weighted by atomic mass is 14.4. The van der Waals surface area contributed by atoms with Crippen LogP contribution in [0.15, 0.2) is 0 Å². The van der Waals surface area contributed by atoms with Crippen LogP contribution in [0.4, 0.5) is 0 Å². The second-order valence-corrected chi connectivity index (χ2v) is 4.83. The fourth-order valence-corrected chi connectivity index (χ4v) is 1.79. The van der Waals surface area contributed by atoms with Crippen molar-refractivity contribution in [1.29, 1.82) is 15.8 Å². The molecule has 0 bridgehead atoms. The van der Waals surface area contributed by atoms with Crippen LogP contribution >= 0.6 is 0 Å². The Kier molecular flexibility index (Phi) is 6.21. The Morgan fingerprint density at radius 1 is 1.06 bits per heavy atom. The maximum Gasteiger partial charge on any atom is 0.0687 e. The van der Waals surface area contributed by atoms with Gasteiger partial charge in [0.1, 0.15) is 0 Å². The van der Waals surface area contributed by atoms with E-state index in [2.05, 4.69) is 18.2 Å². The minimum absolute atomic E-state index is 0.0522. The van der Waals surface area contributed by atoms with E-state index in [-0.39, 0.29) is 11.8 Å². The SMILES string of the molecule is CC(C#N)CCCC(C)(C#N)CC(C)C#N. The molecule has 0 aliphatic heterocycles. The third-order valence-corrected chi connectivity index (χ3v) is 2.83. The Morgan fingerprint density at radius 2 is 1.62 bits per heavy atom. The molecule has 86 valence electrons. The fourth-order valence-electron chi connectivity index (χ4n) is 1.79. The fraction of sp³-hybridized carbons (Fsp3) is 0.769. The van der Waals surface area contributed by atoms with Crippen LogP contribution in [-0.2, 0) is 0 Å². The molecule has 0 aliphatic carbocycles. The molecular weight excluding hydrogens is 198 g/mol. The smallest absolute Gasteiger partial charge is 0.0687 e. The van der Waals surface area contributed by atoms with Crippen molar-refractivity contribution < 1.29 is 0 Å². The van der Waals surface area contributed by atoms with Gasteiger partial charge in [0.25, 0.3) is 0 Å². The molecule has 0 amide bonds. The number of hydrogen-bond acceptors (Lipinski definition) is 3. The molecule has 0 radical (unpaired) electrons. The van der Waals surface area contributed by atoms with Gasteiger partial charge in [-0.2, -0.15) is 15.8 Å². The van der Waals surface area contributed by atoms with Gasteiger partial charge in [0.05, 0.1) is 23.6 Å². The van der Waals surface area contributed by atoms with Gasteiger partial charge in [0, 0.05) is 11.8 Å². The van der Waals surface area contributed by atoms with Crippen LogP contribution in [0.2, 0.25) is 0 Å².